The standard InChI is InChI=1S/C24H26N6O4S/c1-16-25-21(17-7-5-4-6-8-17)22-24(31)26-23(27-30(16)22)19-10-9-18(15-20(19)34-3)35(32,33)29-13-11-28(2)12-14-29/h4-10,15H,11-14H2,1-3H3,(H,26,27,31). The van der Waals surface area contributed by atoms with Gasteiger partial charge >= 0.3 is 0 Å². The first-order valence-electron chi connectivity index (χ1n) is 11.2. The molecule has 1 fully saturated rings. The van der Waals surface area contributed by atoms with Gasteiger partial charge in [0.2, 0.25) is 10.0 Å². The lowest BCUT2D eigenvalue weighted by atomic mass is 10.1. The highest BCUT2D eigenvalue weighted by Crippen LogP contribution is 2.31. The number of methoxy groups -OCH3 is 1. The number of fused-ring (bicyclic) bond motifs is 1. The number of nitrogens with one attached hydrogen (secondary N) is 1. The molecule has 2 aromatic carbocycles. The van der Waals surface area contributed by atoms with Crippen LogP contribution in [0.1, 0.15) is 5.82 Å². The molecular weight excluding hydrogens is 468 g/mol. The number of imidazole rings is 1. The Morgan fingerprint density at radius 3 is 2.43 bits per heavy atom. The highest BCUT2D eigenvalue weighted by Gasteiger charge is 2.28. The molecule has 5 rings (SSSR count). The topological polar surface area (TPSA) is 113 Å². The predicted molar refractivity (Wildman–Crippen MR) is 132 cm³/mol. The molecule has 1 aliphatic heterocycles. The van der Waals surface area contributed by atoms with E-state index < -0.39 is 10.0 Å². The lowest BCUT2D eigenvalue weighted by molar-refractivity contribution is 0.222. The van der Waals surface area contributed by atoms with Crippen molar-refractivity contribution in [3.8, 4) is 28.4 Å². The van der Waals surface area contributed by atoms with Crippen LogP contribution in [-0.2, 0) is 10.0 Å². The van der Waals surface area contributed by atoms with E-state index >= 15 is 0 Å². The summed E-state index contributed by atoms with van der Waals surface area (Å²) >= 11 is 0. The minimum atomic E-state index is -3.67. The third-order valence-electron chi connectivity index (χ3n) is 6.24. The van der Waals surface area contributed by atoms with Gasteiger partial charge in [-0.2, -0.15) is 4.31 Å². The van der Waals surface area contributed by atoms with Gasteiger partial charge in [0.15, 0.2) is 11.3 Å². The van der Waals surface area contributed by atoms with Crippen LogP contribution in [0.25, 0.3) is 28.2 Å². The molecule has 182 valence electrons. The van der Waals surface area contributed by atoms with E-state index in [1.807, 2.05) is 37.4 Å². The number of rotatable bonds is 5. The average molecular weight is 495 g/mol. The molecule has 10 nitrogen and oxygen atoms in total. The first-order valence-corrected chi connectivity index (χ1v) is 12.7. The minimum Gasteiger partial charge on any atom is -0.496 e. The largest absolute Gasteiger partial charge is 0.496 e. The van der Waals surface area contributed by atoms with Gasteiger partial charge in [-0.05, 0) is 26.1 Å². The SMILES string of the molecule is COc1cc(S(=O)(=O)N2CCN(C)CC2)ccc1-c1nn2c(C)nc(-c3ccccc3)c2c(=O)[nH]1. The number of aromatic nitrogens is 4. The Hall–Kier alpha value is -3.54. The number of hydrogen-bond acceptors (Lipinski definition) is 7. The molecule has 0 spiro atoms. The van der Waals surface area contributed by atoms with Crippen LogP contribution in [0.15, 0.2) is 58.2 Å². The number of sulfonamides is 1. The fourth-order valence-corrected chi connectivity index (χ4v) is 5.70. The normalized spacial score (nSPS) is 15.5. The van der Waals surface area contributed by atoms with Gasteiger partial charge in [0.25, 0.3) is 5.56 Å². The van der Waals surface area contributed by atoms with Gasteiger partial charge in [0.05, 0.1) is 17.6 Å². The number of piperazine rings is 1. The number of aromatic amines is 1. The van der Waals surface area contributed by atoms with Crippen molar-refractivity contribution < 1.29 is 13.2 Å². The van der Waals surface area contributed by atoms with E-state index in [0.717, 1.165) is 5.56 Å². The lowest BCUT2D eigenvalue weighted by Gasteiger charge is -2.31. The van der Waals surface area contributed by atoms with Gasteiger partial charge in [-0.15, -0.1) is 5.10 Å². The number of likely N-dealkylation sites (N-methyl/N-ethyl adjacent to an activating group) is 1. The summed E-state index contributed by atoms with van der Waals surface area (Å²) < 4.78 is 34.9. The molecule has 0 aliphatic carbocycles. The molecule has 2 aromatic heterocycles. The molecule has 0 unspecified atom stereocenters. The summed E-state index contributed by atoms with van der Waals surface area (Å²) in [4.78, 5) is 22.7. The fourth-order valence-electron chi connectivity index (χ4n) is 4.27. The van der Waals surface area contributed by atoms with Gasteiger partial charge in [-0.25, -0.2) is 17.9 Å². The molecule has 4 aromatic rings. The van der Waals surface area contributed by atoms with E-state index in [1.54, 1.807) is 13.0 Å². The van der Waals surface area contributed by atoms with Crippen molar-refractivity contribution in [3.05, 3.63) is 64.7 Å². The molecule has 1 N–H and O–H groups in total. The van der Waals surface area contributed by atoms with E-state index in [2.05, 4.69) is 20.0 Å². The van der Waals surface area contributed by atoms with Crippen molar-refractivity contribution in [3.63, 3.8) is 0 Å². The second-order valence-electron chi connectivity index (χ2n) is 8.51. The molecule has 0 saturated carbocycles. The Morgan fingerprint density at radius 1 is 1.03 bits per heavy atom. The highest BCUT2D eigenvalue weighted by atomic mass is 32.2. The second-order valence-corrected chi connectivity index (χ2v) is 10.4. The van der Waals surface area contributed by atoms with Crippen LogP contribution < -0.4 is 10.3 Å². The van der Waals surface area contributed by atoms with E-state index in [0.29, 0.717) is 54.5 Å². The lowest BCUT2D eigenvalue weighted by Crippen LogP contribution is -2.47. The zero-order valence-corrected chi connectivity index (χ0v) is 20.5. The van der Waals surface area contributed by atoms with E-state index in [-0.39, 0.29) is 16.3 Å². The van der Waals surface area contributed by atoms with Gasteiger partial charge in [0, 0.05) is 37.8 Å². The number of H-pyrrole nitrogens is 1. The van der Waals surface area contributed by atoms with E-state index in [1.165, 1.54) is 28.1 Å². The van der Waals surface area contributed by atoms with Crippen molar-refractivity contribution in [2.24, 2.45) is 0 Å². The van der Waals surface area contributed by atoms with Crippen LogP contribution in [0.3, 0.4) is 0 Å². The molecule has 35 heavy (non-hydrogen) atoms. The Kier molecular flexibility index (Phi) is 5.91. The molecule has 0 bridgehead atoms. The summed E-state index contributed by atoms with van der Waals surface area (Å²) in [7, 11) is -0.249. The zero-order valence-electron chi connectivity index (χ0n) is 19.7. The Balaban J connectivity index is 1.57. The monoisotopic (exact) mass is 494 g/mol. The van der Waals surface area contributed by atoms with Crippen molar-refractivity contribution in [2.75, 3.05) is 40.3 Å². The fraction of sp³-hybridized carbons (Fsp3) is 0.292. The van der Waals surface area contributed by atoms with E-state index in [9.17, 15) is 13.2 Å². The van der Waals surface area contributed by atoms with Crippen molar-refractivity contribution in [1.82, 2.24) is 28.8 Å². The Bertz CT molecular complexity index is 1550. The molecule has 0 amide bonds. The third-order valence-corrected chi connectivity index (χ3v) is 8.13. The first kappa shape index (κ1) is 23.2. The van der Waals surface area contributed by atoms with Gasteiger partial charge in [-0.3, -0.25) is 4.79 Å². The van der Waals surface area contributed by atoms with Crippen molar-refractivity contribution in [1.29, 1.82) is 0 Å². The first-order chi connectivity index (χ1) is 16.8. The molecular formula is C24H26N6O4S. The number of hydrogen-bond donors (Lipinski definition) is 1. The van der Waals surface area contributed by atoms with Crippen LogP contribution in [-0.4, -0.2) is 77.5 Å². The summed E-state index contributed by atoms with van der Waals surface area (Å²) in [5.74, 6) is 1.10. The molecule has 1 saturated heterocycles. The zero-order chi connectivity index (χ0) is 24.7. The highest BCUT2D eigenvalue weighted by molar-refractivity contribution is 7.89. The van der Waals surface area contributed by atoms with E-state index in [4.69, 9.17) is 4.74 Å². The number of benzene rings is 2. The summed E-state index contributed by atoms with van der Waals surface area (Å²) in [6.45, 7) is 3.98. The van der Waals surface area contributed by atoms with Gasteiger partial charge in [0.1, 0.15) is 17.3 Å². The minimum absolute atomic E-state index is 0.135. The average Bonchev–Trinajstić information content (AvgIpc) is 3.21. The summed E-state index contributed by atoms with van der Waals surface area (Å²) in [6, 6.07) is 14.0. The number of nitrogens with zero attached hydrogens (tertiary/aromatic N) is 5. The van der Waals surface area contributed by atoms with Crippen LogP contribution in [0, 0.1) is 6.92 Å². The maximum Gasteiger partial charge on any atom is 0.277 e. The van der Waals surface area contributed by atoms with Crippen molar-refractivity contribution in [2.45, 2.75) is 11.8 Å². The van der Waals surface area contributed by atoms with Crippen molar-refractivity contribution >= 4 is 15.5 Å². The molecule has 0 atom stereocenters. The van der Waals surface area contributed by atoms with Crippen LogP contribution in [0.2, 0.25) is 0 Å². The van der Waals surface area contributed by atoms with Crippen LogP contribution >= 0.6 is 0 Å². The maximum atomic E-state index is 13.2. The third kappa shape index (κ3) is 4.11. The smallest absolute Gasteiger partial charge is 0.277 e. The van der Waals surface area contributed by atoms with Crippen LogP contribution in [0.4, 0.5) is 0 Å². The molecule has 3 heterocycles. The second kappa shape index (κ2) is 8.91. The molecule has 1 aliphatic rings. The Labute approximate surface area is 202 Å². The summed E-state index contributed by atoms with van der Waals surface area (Å²) in [5.41, 5.74) is 1.81. The number of aryl methyl sites for hydroxylation is 1. The summed E-state index contributed by atoms with van der Waals surface area (Å²) in [5, 5.41) is 4.60. The maximum absolute atomic E-state index is 13.2. The Morgan fingerprint density at radius 2 is 1.74 bits per heavy atom. The summed E-state index contributed by atoms with van der Waals surface area (Å²) in [6.07, 6.45) is 0. The van der Waals surface area contributed by atoms with Gasteiger partial charge < -0.3 is 14.6 Å². The van der Waals surface area contributed by atoms with Gasteiger partial charge in [-0.1, -0.05) is 30.3 Å². The molecule has 0 radical (unpaired) electrons. The van der Waals surface area contributed by atoms with Crippen LogP contribution in [0.5, 0.6) is 5.75 Å². The molecule has 11 heteroatoms. The number of ether oxygens (including phenoxy) is 1. The quantitative estimate of drug-likeness (QED) is 0.452. The predicted octanol–water partition coefficient (Wildman–Crippen LogP) is 2.00.